The zero-order chi connectivity index (χ0) is 8.97. The van der Waals surface area contributed by atoms with Gasteiger partial charge in [-0.05, 0) is 42.7 Å². The monoisotopic (exact) mass is 156 g/mol. The first-order valence-electron chi connectivity index (χ1n) is 3.79. The van der Waals surface area contributed by atoms with Crippen molar-refractivity contribution in [2.24, 2.45) is 0 Å². The maximum Gasteiger partial charge on any atom is 0.0912 e. The topological polar surface area (TPSA) is 23.8 Å². The molecule has 0 atom stereocenters. The Morgan fingerprint density at radius 2 is 1.92 bits per heavy atom. The zero-order valence-corrected chi connectivity index (χ0v) is 7.26. The van der Waals surface area contributed by atoms with Gasteiger partial charge in [-0.15, -0.1) is 0 Å². The SMILES string of the molecule is Cc1[c]c(C)cc(C=CC#N)c1. The van der Waals surface area contributed by atoms with Crippen LogP contribution in [0.4, 0.5) is 0 Å². The predicted octanol–water partition coefficient (Wildman–Crippen LogP) is 2.64. The molecule has 0 heterocycles. The van der Waals surface area contributed by atoms with Crippen molar-refractivity contribution in [3.8, 4) is 6.07 Å². The van der Waals surface area contributed by atoms with Gasteiger partial charge in [0.15, 0.2) is 0 Å². The van der Waals surface area contributed by atoms with E-state index in [9.17, 15) is 0 Å². The molecule has 1 heteroatoms. The minimum atomic E-state index is 1.06. The van der Waals surface area contributed by atoms with Crippen LogP contribution in [0.15, 0.2) is 18.2 Å². The van der Waals surface area contributed by atoms with Crippen molar-refractivity contribution in [2.75, 3.05) is 0 Å². The Bertz CT molecular complexity index is 322. The highest BCUT2D eigenvalue weighted by atomic mass is 14.2. The van der Waals surface area contributed by atoms with Crippen LogP contribution in [0.25, 0.3) is 6.08 Å². The molecule has 1 rings (SSSR count). The van der Waals surface area contributed by atoms with E-state index < -0.39 is 0 Å². The first-order chi connectivity index (χ1) is 5.72. The lowest BCUT2D eigenvalue weighted by Gasteiger charge is -1.97. The van der Waals surface area contributed by atoms with Crippen LogP contribution in [-0.2, 0) is 0 Å². The van der Waals surface area contributed by atoms with Crippen molar-refractivity contribution in [2.45, 2.75) is 13.8 Å². The molecular weight excluding hydrogens is 146 g/mol. The highest BCUT2D eigenvalue weighted by molar-refractivity contribution is 5.53. The first-order valence-corrected chi connectivity index (χ1v) is 3.79. The van der Waals surface area contributed by atoms with Gasteiger partial charge in [0.2, 0.25) is 0 Å². The number of benzene rings is 1. The summed E-state index contributed by atoms with van der Waals surface area (Å²) < 4.78 is 0. The van der Waals surface area contributed by atoms with Gasteiger partial charge in [-0.3, -0.25) is 0 Å². The van der Waals surface area contributed by atoms with Gasteiger partial charge in [0, 0.05) is 6.08 Å². The Labute approximate surface area is 73.0 Å². The molecule has 1 aromatic carbocycles. The molecule has 0 aliphatic rings. The summed E-state index contributed by atoms with van der Waals surface area (Å²) in [5, 5.41) is 8.32. The summed E-state index contributed by atoms with van der Waals surface area (Å²) in [5.74, 6) is 0. The van der Waals surface area contributed by atoms with E-state index in [0.29, 0.717) is 0 Å². The average Bonchev–Trinajstić information content (AvgIpc) is 1.99. The fourth-order valence-corrected chi connectivity index (χ4v) is 1.15. The molecule has 0 saturated carbocycles. The van der Waals surface area contributed by atoms with Crippen molar-refractivity contribution < 1.29 is 0 Å². The molecule has 0 bridgehead atoms. The Hall–Kier alpha value is -1.55. The van der Waals surface area contributed by atoms with Crippen molar-refractivity contribution in [1.82, 2.24) is 0 Å². The van der Waals surface area contributed by atoms with Crippen LogP contribution >= 0.6 is 0 Å². The van der Waals surface area contributed by atoms with E-state index in [1.165, 1.54) is 6.08 Å². The van der Waals surface area contributed by atoms with Gasteiger partial charge in [0.25, 0.3) is 0 Å². The minimum Gasteiger partial charge on any atom is -0.193 e. The second-order valence-electron chi connectivity index (χ2n) is 2.74. The third-order valence-electron chi connectivity index (χ3n) is 1.51. The third-order valence-corrected chi connectivity index (χ3v) is 1.51. The number of hydrogen-bond acceptors (Lipinski definition) is 1. The maximum atomic E-state index is 8.32. The second kappa shape index (κ2) is 3.73. The molecule has 0 unspecified atom stereocenters. The minimum absolute atomic E-state index is 1.06. The quantitative estimate of drug-likeness (QED) is 0.573. The summed E-state index contributed by atoms with van der Waals surface area (Å²) in [6.07, 6.45) is 3.28. The molecule has 59 valence electrons. The summed E-state index contributed by atoms with van der Waals surface area (Å²) in [6.45, 7) is 3.99. The number of nitriles is 1. The molecule has 0 aliphatic carbocycles. The normalized spacial score (nSPS) is 10.1. The fraction of sp³-hybridized carbons (Fsp3) is 0.182. The van der Waals surface area contributed by atoms with Gasteiger partial charge < -0.3 is 0 Å². The highest BCUT2D eigenvalue weighted by Crippen LogP contribution is 2.09. The summed E-state index contributed by atoms with van der Waals surface area (Å²) in [7, 11) is 0. The van der Waals surface area contributed by atoms with Crippen molar-refractivity contribution >= 4 is 6.08 Å². The van der Waals surface area contributed by atoms with E-state index in [1.54, 1.807) is 6.08 Å². The van der Waals surface area contributed by atoms with Crippen molar-refractivity contribution in [1.29, 1.82) is 5.26 Å². The average molecular weight is 156 g/mol. The van der Waals surface area contributed by atoms with Gasteiger partial charge >= 0.3 is 0 Å². The smallest absolute Gasteiger partial charge is 0.0912 e. The molecule has 0 aliphatic heterocycles. The molecule has 1 radical (unpaired) electrons. The number of nitrogens with zero attached hydrogens (tertiary/aromatic N) is 1. The molecule has 0 saturated heterocycles. The lowest BCUT2D eigenvalue weighted by atomic mass is 10.1. The van der Waals surface area contributed by atoms with E-state index in [2.05, 4.69) is 6.07 Å². The van der Waals surface area contributed by atoms with E-state index in [1.807, 2.05) is 32.0 Å². The molecule has 1 nitrogen and oxygen atoms in total. The van der Waals surface area contributed by atoms with E-state index in [0.717, 1.165) is 16.7 Å². The second-order valence-corrected chi connectivity index (χ2v) is 2.74. The summed E-state index contributed by atoms with van der Waals surface area (Å²) >= 11 is 0. The van der Waals surface area contributed by atoms with Crippen LogP contribution in [0.1, 0.15) is 16.7 Å². The van der Waals surface area contributed by atoms with Crippen molar-refractivity contribution in [3.05, 3.63) is 41.0 Å². The molecule has 0 N–H and O–H groups in total. The predicted molar refractivity (Wildman–Crippen MR) is 49.4 cm³/mol. The number of aryl methyl sites for hydroxylation is 2. The van der Waals surface area contributed by atoms with E-state index in [4.69, 9.17) is 5.26 Å². The van der Waals surface area contributed by atoms with Gasteiger partial charge in [0.05, 0.1) is 6.07 Å². The highest BCUT2D eigenvalue weighted by Gasteiger charge is 1.91. The van der Waals surface area contributed by atoms with Crippen LogP contribution in [0, 0.1) is 31.2 Å². The molecule has 12 heavy (non-hydrogen) atoms. The van der Waals surface area contributed by atoms with Crippen LogP contribution in [0.3, 0.4) is 0 Å². The fourth-order valence-electron chi connectivity index (χ4n) is 1.15. The summed E-state index contributed by atoms with van der Waals surface area (Å²) in [6, 6.07) is 9.14. The van der Waals surface area contributed by atoms with Gasteiger partial charge in [-0.2, -0.15) is 5.26 Å². The third kappa shape index (κ3) is 2.25. The van der Waals surface area contributed by atoms with E-state index >= 15 is 0 Å². The Kier molecular flexibility index (Phi) is 2.66. The zero-order valence-electron chi connectivity index (χ0n) is 7.26. The number of allylic oxidation sites excluding steroid dienone is 1. The van der Waals surface area contributed by atoms with Gasteiger partial charge in [0.1, 0.15) is 0 Å². The molecule has 0 amide bonds. The summed E-state index contributed by atoms with van der Waals surface area (Å²) in [4.78, 5) is 0. The maximum absolute atomic E-state index is 8.32. The van der Waals surface area contributed by atoms with Crippen molar-refractivity contribution in [3.63, 3.8) is 0 Å². The Morgan fingerprint density at radius 3 is 2.42 bits per heavy atom. The molecule has 0 aromatic heterocycles. The van der Waals surface area contributed by atoms with E-state index in [-0.39, 0.29) is 0 Å². The van der Waals surface area contributed by atoms with Crippen LogP contribution < -0.4 is 0 Å². The van der Waals surface area contributed by atoms with Crippen LogP contribution in [0.5, 0.6) is 0 Å². The van der Waals surface area contributed by atoms with Crippen LogP contribution in [-0.4, -0.2) is 0 Å². The summed E-state index contributed by atoms with van der Waals surface area (Å²) in [5.41, 5.74) is 3.27. The number of hydrogen-bond donors (Lipinski definition) is 0. The van der Waals surface area contributed by atoms with Crippen LogP contribution in [0.2, 0.25) is 0 Å². The lowest BCUT2D eigenvalue weighted by Crippen LogP contribution is -1.80. The largest absolute Gasteiger partial charge is 0.193 e. The molecule has 0 fully saturated rings. The lowest BCUT2D eigenvalue weighted by molar-refractivity contribution is 1.36. The number of rotatable bonds is 1. The van der Waals surface area contributed by atoms with Gasteiger partial charge in [-0.1, -0.05) is 12.1 Å². The Morgan fingerprint density at radius 1 is 1.33 bits per heavy atom. The molecular formula is C11H10N. The molecule has 1 aromatic rings. The standard InChI is InChI=1S/C11H10N/c1-9-6-10(2)8-11(7-9)4-3-5-12/h3-4,7-8H,1-2H3. The molecule has 0 spiro atoms. The first kappa shape index (κ1) is 8.55. The Balaban J connectivity index is 3.03. The van der Waals surface area contributed by atoms with Gasteiger partial charge in [-0.25, -0.2) is 0 Å².